The summed E-state index contributed by atoms with van der Waals surface area (Å²) in [5.41, 5.74) is 1.83. The van der Waals surface area contributed by atoms with E-state index in [4.69, 9.17) is 4.74 Å². The second-order valence-electron chi connectivity index (χ2n) is 5.07. The fourth-order valence-electron chi connectivity index (χ4n) is 2.49. The molecule has 2 unspecified atom stereocenters. The molecule has 1 saturated heterocycles. The van der Waals surface area contributed by atoms with Gasteiger partial charge in [0.2, 0.25) is 0 Å². The lowest BCUT2D eigenvalue weighted by molar-refractivity contribution is -0.0844. The molecule has 0 bridgehead atoms. The highest BCUT2D eigenvalue weighted by molar-refractivity contribution is 5.79. The average Bonchev–Trinajstić information content (AvgIpc) is 2.46. The van der Waals surface area contributed by atoms with Gasteiger partial charge in [-0.1, -0.05) is 12.1 Å². The largest absolute Gasteiger partial charge is 0.386 e. The number of ether oxygens (including phenoxy) is 1. The third-order valence-electron chi connectivity index (χ3n) is 3.62. The first-order chi connectivity index (χ1) is 9.24. The highest BCUT2D eigenvalue weighted by Crippen LogP contribution is 2.24. The number of hydrogen-bond donors (Lipinski definition) is 1. The van der Waals surface area contributed by atoms with Gasteiger partial charge >= 0.3 is 0 Å². The Kier molecular flexibility index (Phi) is 3.46. The van der Waals surface area contributed by atoms with Crippen LogP contribution in [0.5, 0.6) is 0 Å². The van der Waals surface area contributed by atoms with Crippen LogP contribution in [-0.4, -0.2) is 47.8 Å². The highest BCUT2D eigenvalue weighted by Gasteiger charge is 2.26. The van der Waals surface area contributed by atoms with Crippen LogP contribution in [0.3, 0.4) is 0 Å². The van der Waals surface area contributed by atoms with Gasteiger partial charge in [-0.15, -0.1) is 0 Å². The first-order valence-corrected chi connectivity index (χ1v) is 6.57. The highest BCUT2D eigenvalue weighted by atomic mass is 16.5. The van der Waals surface area contributed by atoms with Crippen molar-refractivity contribution >= 4 is 10.9 Å². The Morgan fingerprint density at radius 1 is 1.42 bits per heavy atom. The van der Waals surface area contributed by atoms with Crippen molar-refractivity contribution in [2.45, 2.75) is 12.2 Å². The lowest BCUT2D eigenvalue weighted by Gasteiger charge is -2.33. The molecule has 1 fully saturated rings. The van der Waals surface area contributed by atoms with Gasteiger partial charge in [-0.25, -0.2) is 0 Å². The molecule has 1 aromatic heterocycles. The molecule has 4 nitrogen and oxygen atoms in total. The molecule has 0 aliphatic carbocycles. The summed E-state index contributed by atoms with van der Waals surface area (Å²) in [7, 11) is 2.05. The van der Waals surface area contributed by atoms with E-state index < -0.39 is 6.10 Å². The third-order valence-corrected chi connectivity index (χ3v) is 3.62. The maximum Gasteiger partial charge on any atom is 0.106 e. The van der Waals surface area contributed by atoms with E-state index in [1.54, 1.807) is 6.20 Å². The molecule has 19 heavy (non-hydrogen) atoms. The van der Waals surface area contributed by atoms with E-state index in [1.807, 2.05) is 37.4 Å². The molecule has 2 heterocycles. The standard InChI is InChI=1S/C15H18N2O2/c1-17-7-8-19-14(10-17)15(18)12-4-5-13-11(9-12)3-2-6-16-13/h2-6,9,14-15,18H,7-8,10H2,1H3. The number of aliphatic hydroxyl groups is 1. The monoisotopic (exact) mass is 258 g/mol. The van der Waals surface area contributed by atoms with Crippen molar-refractivity contribution in [3.63, 3.8) is 0 Å². The number of benzene rings is 1. The Morgan fingerprint density at radius 2 is 2.32 bits per heavy atom. The number of fused-ring (bicyclic) bond motifs is 1. The van der Waals surface area contributed by atoms with Gasteiger partial charge in [0.1, 0.15) is 12.2 Å². The van der Waals surface area contributed by atoms with Gasteiger partial charge in [0.25, 0.3) is 0 Å². The molecule has 1 N–H and O–H groups in total. The minimum Gasteiger partial charge on any atom is -0.386 e. The SMILES string of the molecule is CN1CCOC(C(O)c2ccc3ncccc3c2)C1. The number of nitrogens with zero attached hydrogens (tertiary/aromatic N) is 2. The molecule has 4 heteroatoms. The van der Waals surface area contributed by atoms with E-state index in [0.29, 0.717) is 6.61 Å². The van der Waals surface area contributed by atoms with E-state index in [9.17, 15) is 5.11 Å². The zero-order valence-corrected chi connectivity index (χ0v) is 11.0. The van der Waals surface area contributed by atoms with Crippen LogP contribution in [0.1, 0.15) is 11.7 Å². The molecular weight excluding hydrogens is 240 g/mol. The predicted octanol–water partition coefficient (Wildman–Crippen LogP) is 1.60. The molecule has 0 spiro atoms. The Labute approximate surface area is 112 Å². The molecule has 2 aromatic rings. The van der Waals surface area contributed by atoms with Crippen LogP contribution in [-0.2, 0) is 4.74 Å². The fraction of sp³-hybridized carbons (Fsp3) is 0.400. The lowest BCUT2D eigenvalue weighted by Crippen LogP contribution is -2.42. The Morgan fingerprint density at radius 3 is 3.16 bits per heavy atom. The van der Waals surface area contributed by atoms with Crippen LogP contribution in [0.25, 0.3) is 10.9 Å². The summed E-state index contributed by atoms with van der Waals surface area (Å²) in [6.07, 6.45) is 1.03. The number of pyridine rings is 1. The minimum absolute atomic E-state index is 0.159. The van der Waals surface area contributed by atoms with Crippen molar-refractivity contribution in [1.29, 1.82) is 0 Å². The smallest absolute Gasteiger partial charge is 0.106 e. The fourth-order valence-corrected chi connectivity index (χ4v) is 2.49. The summed E-state index contributed by atoms with van der Waals surface area (Å²) in [5.74, 6) is 0. The summed E-state index contributed by atoms with van der Waals surface area (Å²) < 4.78 is 5.67. The lowest BCUT2D eigenvalue weighted by atomic mass is 10.0. The summed E-state index contributed by atoms with van der Waals surface area (Å²) in [4.78, 5) is 6.47. The molecule has 1 aromatic carbocycles. The van der Waals surface area contributed by atoms with Crippen molar-refractivity contribution in [2.24, 2.45) is 0 Å². The van der Waals surface area contributed by atoms with Crippen molar-refractivity contribution in [1.82, 2.24) is 9.88 Å². The number of rotatable bonds is 2. The normalized spacial score (nSPS) is 22.5. The summed E-state index contributed by atoms with van der Waals surface area (Å²) >= 11 is 0. The molecule has 0 radical (unpaired) electrons. The zero-order valence-electron chi connectivity index (χ0n) is 11.0. The van der Waals surface area contributed by atoms with Crippen LogP contribution >= 0.6 is 0 Å². The number of aliphatic hydroxyl groups excluding tert-OH is 1. The molecule has 2 atom stereocenters. The third kappa shape index (κ3) is 2.61. The topological polar surface area (TPSA) is 45.6 Å². The van der Waals surface area contributed by atoms with E-state index in [0.717, 1.165) is 29.6 Å². The first kappa shape index (κ1) is 12.5. The number of morpholine rings is 1. The zero-order chi connectivity index (χ0) is 13.2. The van der Waals surface area contributed by atoms with Gasteiger partial charge < -0.3 is 14.7 Å². The van der Waals surface area contributed by atoms with E-state index >= 15 is 0 Å². The van der Waals surface area contributed by atoms with Gasteiger partial charge in [-0.2, -0.15) is 0 Å². The van der Waals surface area contributed by atoms with Crippen LogP contribution in [0.2, 0.25) is 0 Å². The Hall–Kier alpha value is -1.49. The molecule has 1 aliphatic heterocycles. The molecule has 0 amide bonds. The van der Waals surface area contributed by atoms with Crippen LogP contribution in [0.15, 0.2) is 36.5 Å². The van der Waals surface area contributed by atoms with Crippen molar-refractivity contribution < 1.29 is 9.84 Å². The molecule has 100 valence electrons. The Balaban J connectivity index is 1.86. The van der Waals surface area contributed by atoms with Crippen molar-refractivity contribution in [2.75, 3.05) is 26.7 Å². The number of aromatic nitrogens is 1. The predicted molar refractivity (Wildman–Crippen MR) is 73.9 cm³/mol. The maximum atomic E-state index is 10.5. The molecular formula is C15H18N2O2. The molecule has 1 aliphatic rings. The second kappa shape index (κ2) is 5.25. The number of hydrogen-bond acceptors (Lipinski definition) is 4. The van der Waals surface area contributed by atoms with Gasteiger partial charge in [0, 0.05) is 24.7 Å². The van der Waals surface area contributed by atoms with Crippen LogP contribution in [0.4, 0.5) is 0 Å². The van der Waals surface area contributed by atoms with E-state index in [1.165, 1.54) is 0 Å². The quantitative estimate of drug-likeness (QED) is 0.888. The summed E-state index contributed by atoms with van der Waals surface area (Å²) in [5, 5.41) is 11.5. The van der Waals surface area contributed by atoms with Crippen molar-refractivity contribution in [3.05, 3.63) is 42.1 Å². The Bertz CT molecular complexity index is 573. The van der Waals surface area contributed by atoms with Crippen LogP contribution < -0.4 is 0 Å². The minimum atomic E-state index is -0.590. The van der Waals surface area contributed by atoms with Gasteiger partial charge in [-0.05, 0) is 30.8 Å². The van der Waals surface area contributed by atoms with E-state index in [2.05, 4.69) is 9.88 Å². The van der Waals surface area contributed by atoms with Crippen LogP contribution in [0, 0.1) is 0 Å². The summed E-state index contributed by atoms with van der Waals surface area (Å²) in [6, 6.07) is 9.78. The first-order valence-electron chi connectivity index (χ1n) is 6.57. The molecule has 3 rings (SSSR count). The second-order valence-corrected chi connectivity index (χ2v) is 5.07. The van der Waals surface area contributed by atoms with Crippen molar-refractivity contribution in [3.8, 4) is 0 Å². The maximum absolute atomic E-state index is 10.5. The van der Waals surface area contributed by atoms with Gasteiger partial charge in [0.05, 0.1) is 12.1 Å². The number of likely N-dealkylation sites (N-methyl/N-ethyl adjacent to an activating group) is 1. The molecule has 0 saturated carbocycles. The average molecular weight is 258 g/mol. The summed E-state index contributed by atoms with van der Waals surface area (Å²) in [6.45, 7) is 2.35. The van der Waals surface area contributed by atoms with E-state index in [-0.39, 0.29) is 6.10 Å². The van der Waals surface area contributed by atoms with Gasteiger partial charge in [0.15, 0.2) is 0 Å². The van der Waals surface area contributed by atoms with Gasteiger partial charge in [-0.3, -0.25) is 4.98 Å².